The molecule has 3 rings (SSSR count). The molecule has 146 valence electrons. The van der Waals surface area contributed by atoms with Crippen LogP contribution in [-0.4, -0.2) is 18.2 Å². The molecule has 0 aliphatic heterocycles. The molecule has 0 spiro atoms. The lowest BCUT2D eigenvalue weighted by molar-refractivity contribution is -0.119. The molecule has 0 unspecified atom stereocenters. The predicted molar refractivity (Wildman–Crippen MR) is 121 cm³/mol. The fourth-order valence-electron chi connectivity index (χ4n) is 2.68. The summed E-state index contributed by atoms with van der Waals surface area (Å²) >= 11 is 6.11. The quantitative estimate of drug-likeness (QED) is 0.415. The van der Waals surface area contributed by atoms with E-state index in [1.165, 1.54) is 0 Å². The topological polar surface area (TPSA) is 53.5 Å². The van der Waals surface area contributed by atoms with Crippen molar-refractivity contribution in [3.8, 4) is 0 Å². The van der Waals surface area contributed by atoms with Gasteiger partial charge in [0.25, 0.3) is 5.91 Å². The fourth-order valence-corrected chi connectivity index (χ4v) is 2.86. The molecule has 0 fully saturated rings. The largest absolute Gasteiger partial charge is 0.376 e. The molecule has 0 bridgehead atoms. The van der Waals surface area contributed by atoms with Crippen molar-refractivity contribution in [3.05, 3.63) is 107 Å². The molecule has 1 amide bonds. The first-order valence-electron chi connectivity index (χ1n) is 9.27. The van der Waals surface area contributed by atoms with Crippen LogP contribution in [0.1, 0.15) is 16.7 Å². The average Bonchev–Trinajstić information content (AvgIpc) is 2.76. The van der Waals surface area contributed by atoms with Gasteiger partial charge in [0.05, 0.1) is 12.3 Å². The molecule has 29 heavy (non-hydrogen) atoms. The van der Waals surface area contributed by atoms with Gasteiger partial charge in [-0.15, -0.1) is 0 Å². The number of benzene rings is 3. The standard InChI is InChI=1S/C24H22ClN3O/c1-18-21(25)13-8-14-22(18)26-17-24(29)28-27-23(20-11-6-3-7-12-20)16-15-19-9-4-2-5-10-19/h2-16,26H,17H2,1H3,(H,28,29)/b16-15-,27-23?. The lowest BCUT2D eigenvalue weighted by Gasteiger charge is -2.10. The van der Waals surface area contributed by atoms with E-state index in [-0.39, 0.29) is 12.5 Å². The van der Waals surface area contributed by atoms with Gasteiger partial charge in [-0.3, -0.25) is 4.79 Å². The summed E-state index contributed by atoms with van der Waals surface area (Å²) in [7, 11) is 0. The summed E-state index contributed by atoms with van der Waals surface area (Å²) in [6, 6.07) is 25.2. The van der Waals surface area contributed by atoms with Gasteiger partial charge in [0.2, 0.25) is 0 Å². The third kappa shape index (κ3) is 6.06. The number of hydrogen-bond donors (Lipinski definition) is 2. The number of rotatable bonds is 7. The van der Waals surface area contributed by atoms with Crippen LogP contribution in [0.5, 0.6) is 0 Å². The Kier molecular flexibility index (Phi) is 7.20. The van der Waals surface area contributed by atoms with Crippen molar-refractivity contribution >= 4 is 35.0 Å². The van der Waals surface area contributed by atoms with E-state index >= 15 is 0 Å². The molecule has 3 aromatic carbocycles. The van der Waals surface area contributed by atoms with Crippen molar-refractivity contribution < 1.29 is 4.79 Å². The maximum atomic E-state index is 12.3. The van der Waals surface area contributed by atoms with Crippen LogP contribution in [0.2, 0.25) is 5.02 Å². The predicted octanol–water partition coefficient (Wildman–Crippen LogP) is 5.29. The third-order valence-corrected chi connectivity index (χ3v) is 4.72. The Labute approximate surface area is 175 Å². The Balaban J connectivity index is 1.69. The number of nitrogens with zero attached hydrogens (tertiary/aromatic N) is 1. The Morgan fingerprint density at radius 2 is 1.66 bits per heavy atom. The Morgan fingerprint density at radius 1 is 0.966 bits per heavy atom. The van der Waals surface area contributed by atoms with Crippen LogP contribution < -0.4 is 10.7 Å². The molecule has 0 atom stereocenters. The summed E-state index contributed by atoms with van der Waals surface area (Å²) in [5, 5.41) is 8.07. The molecule has 0 aliphatic carbocycles. The lowest BCUT2D eigenvalue weighted by atomic mass is 10.1. The van der Waals surface area contributed by atoms with E-state index in [1.54, 1.807) is 0 Å². The number of carbonyl (C=O) groups is 1. The van der Waals surface area contributed by atoms with Crippen LogP contribution in [0.15, 0.2) is 90.0 Å². The highest BCUT2D eigenvalue weighted by Crippen LogP contribution is 2.22. The van der Waals surface area contributed by atoms with E-state index in [0.717, 1.165) is 22.4 Å². The second-order valence-electron chi connectivity index (χ2n) is 6.41. The molecular weight excluding hydrogens is 382 g/mol. The fraction of sp³-hybridized carbons (Fsp3) is 0.0833. The molecule has 3 aromatic rings. The van der Waals surface area contributed by atoms with Crippen LogP contribution >= 0.6 is 11.6 Å². The molecule has 0 saturated heterocycles. The van der Waals surface area contributed by atoms with Gasteiger partial charge in [-0.05, 0) is 36.3 Å². The summed E-state index contributed by atoms with van der Waals surface area (Å²) in [5.41, 5.74) is 6.99. The van der Waals surface area contributed by atoms with E-state index in [2.05, 4.69) is 15.8 Å². The number of hydrazone groups is 1. The van der Waals surface area contributed by atoms with Crippen molar-refractivity contribution in [2.24, 2.45) is 5.10 Å². The van der Waals surface area contributed by atoms with E-state index < -0.39 is 0 Å². The SMILES string of the molecule is Cc1c(Cl)cccc1NCC(=O)NN=C(/C=C\c1ccccc1)c1ccccc1. The molecule has 0 aliphatic rings. The molecule has 2 N–H and O–H groups in total. The van der Waals surface area contributed by atoms with Crippen molar-refractivity contribution in [1.29, 1.82) is 0 Å². The number of nitrogens with one attached hydrogen (secondary N) is 2. The first-order chi connectivity index (χ1) is 14.1. The summed E-state index contributed by atoms with van der Waals surface area (Å²) in [6.45, 7) is 2.00. The minimum atomic E-state index is -0.245. The minimum Gasteiger partial charge on any atom is -0.376 e. The minimum absolute atomic E-state index is 0.0924. The highest BCUT2D eigenvalue weighted by molar-refractivity contribution is 6.31. The Bertz CT molecular complexity index is 1010. The van der Waals surface area contributed by atoms with Gasteiger partial charge in [0.15, 0.2) is 0 Å². The van der Waals surface area contributed by atoms with Crippen LogP contribution in [0.25, 0.3) is 6.08 Å². The molecule has 0 saturated carbocycles. The van der Waals surface area contributed by atoms with Gasteiger partial charge >= 0.3 is 0 Å². The van der Waals surface area contributed by atoms with Gasteiger partial charge in [0.1, 0.15) is 0 Å². The average molecular weight is 404 g/mol. The molecular formula is C24H22ClN3O. The van der Waals surface area contributed by atoms with Crippen LogP contribution in [0.3, 0.4) is 0 Å². The second-order valence-corrected chi connectivity index (χ2v) is 6.82. The number of hydrogen-bond acceptors (Lipinski definition) is 3. The normalized spacial score (nSPS) is 11.4. The summed E-state index contributed by atoms with van der Waals surface area (Å²) in [4.78, 5) is 12.3. The number of amides is 1. The van der Waals surface area contributed by atoms with Crippen molar-refractivity contribution in [2.75, 3.05) is 11.9 Å². The summed E-state index contributed by atoms with van der Waals surface area (Å²) in [5.74, 6) is -0.245. The first kappa shape index (κ1) is 20.4. The summed E-state index contributed by atoms with van der Waals surface area (Å²) < 4.78 is 0. The lowest BCUT2D eigenvalue weighted by Crippen LogP contribution is -2.27. The van der Waals surface area contributed by atoms with Crippen molar-refractivity contribution in [1.82, 2.24) is 5.43 Å². The monoisotopic (exact) mass is 403 g/mol. The van der Waals surface area contributed by atoms with Crippen molar-refractivity contribution in [3.63, 3.8) is 0 Å². The van der Waals surface area contributed by atoms with Gasteiger partial charge in [-0.25, -0.2) is 5.43 Å². The van der Waals surface area contributed by atoms with E-state index in [0.29, 0.717) is 10.7 Å². The smallest absolute Gasteiger partial charge is 0.259 e. The third-order valence-electron chi connectivity index (χ3n) is 4.31. The number of allylic oxidation sites excluding steroid dienone is 1. The van der Waals surface area contributed by atoms with Crippen LogP contribution in [0.4, 0.5) is 5.69 Å². The van der Waals surface area contributed by atoms with E-state index in [1.807, 2.05) is 97.9 Å². The maximum Gasteiger partial charge on any atom is 0.259 e. The highest BCUT2D eigenvalue weighted by atomic mass is 35.5. The maximum absolute atomic E-state index is 12.3. The highest BCUT2D eigenvalue weighted by Gasteiger charge is 2.06. The van der Waals surface area contributed by atoms with E-state index in [4.69, 9.17) is 11.6 Å². The second kappa shape index (κ2) is 10.2. The molecule has 4 nitrogen and oxygen atoms in total. The van der Waals surface area contributed by atoms with Crippen LogP contribution in [0, 0.1) is 6.92 Å². The number of anilines is 1. The zero-order valence-corrected chi connectivity index (χ0v) is 16.9. The zero-order chi connectivity index (χ0) is 20.5. The molecule has 5 heteroatoms. The Hall–Kier alpha value is -3.37. The van der Waals surface area contributed by atoms with Gasteiger partial charge < -0.3 is 5.32 Å². The molecule has 0 radical (unpaired) electrons. The number of halogens is 1. The molecule has 0 aromatic heterocycles. The summed E-state index contributed by atoms with van der Waals surface area (Å²) in [6.07, 6.45) is 3.85. The first-order valence-corrected chi connectivity index (χ1v) is 9.65. The zero-order valence-electron chi connectivity index (χ0n) is 16.1. The molecule has 0 heterocycles. The van der Waals surface area contributed by atoms with Gasteiger partial charge in [-0.2, -0.15) is 5.10 Å². The van der Waals surface area contributed by atoms with Gasteiger partial charge in [0, 0.05) is 16.3 Å². The van der Waals surface area contributed by atoms with E-state index in [9.17, 15) is 4.79 Å². The van der Waals surface area contributed by atoms with Crippen molar-refractivity contribution in [2.45, 2.75) is 6.92 Å². The number of carbonyl (C=O) groups excluding carboxylic acids is 1. The van der Waals surface area contributed by atoms with Crippen LogP contribution in [-0.2, 0) is 4.79 Å². The van der Waals surface area contributed by atoms with Gasteiger partial charge in [-0.1, -0.05) is 84.4 Å². The Morgan fingerprint density at radius 3 is 2.38 bits per heavy atom.